The van der Waals surface area contributed by atoms with Crippen LogP contribution in [0.2, 0.25) is 0 Å². The number of H-pyrrole nitrogens is 1. The molecule has 0 fully saturated rings. The van der Waals surface area contributed by atoms with Crippen molar-refractivity contribution in [1.29, 1.82) is 0 Å². The van der Waals surface area contributed by atoms with Gasteiger partial charge in [-0.1, -0.05) is 23.8 Å². The van der Waals surface area contributed by atoms with Gasteiger partial charge in [0.05, 0.1) is 6.04 Å². The highest BCUT2D eigenvalue weighted by Crippen LogP contribution is 2.34. The Morgan fingerprint density at radius 3 is 2.57 bits per heavy atom. The summed E-state index contributed by atoms with van der Waals surface area (Å²) in [4.78, 5) is 5.79. The van der Waals surface area contributed by atoms with Gasteiger partial charge in [-0.05, 0) is 48.7 Å². The minimum absolute atomic E-state index is 0.252. The van der Waals surface area contributed by atoms with Gasteiger partial charge in [0, 0.05) is 42.9 Å². The second kappa shape index (κ2) is 5.43. The van der Waals surface area contributed by atoms with Crippen LogP contribution in [-0.4, -0.2) is 25.6 Å². The van der Waals surface area contributed by atoms with Crippen molar-refractivity contribution < 1.29 is 0 Å². The predicted octanol–water partition coefficient (Wildman–Crippen LogP) is 3.78. The number of fused-ring (bicyclic) bond motifs is 3. The number of rotatable bonds is 2. The lowest BCUT2D eigenvalue weighted by molar-refractivity contribution is 0.560. The van der Waals surface area contributed by atoms with Crippen LogP contribution in [0.1, 0.15) is 28.4 Å². The molecule has 1 aliphatic rings. The molecule has 2 heterocycles. The number of nitrogens with one attached hydrogen (secondary N) is 2. The molecule has 1 unspecified atom stereocenters. The van der Waals surface area contributed by atoms with Crippen molar-refractivity contribution in [3.63, 3.8) is 0 Å². The van der Waals surface area contributed by atoms with Crippen LogP contribution in [0.15, 0.2) is 42.5 Å². The molecule has 1 aromatic heterocycles. The summed E-state index contributed by atoms with van der Waals surface area (Å²) in [6.45, 7) is 3.19. The van der Waals surface area contributed by atoms with Gasteiger partial charge in [-0.2, -0.15) is 0 Å². The highest BCUT2D eigenvalue weighted by Gasteiger charge is 2.25. The van der Waals surface area contributed by atoms with Crippen LogP contribution in [0.5, 0.6) is 0 Å². The third-order valence-electron chi connectivity index (χ3n) is 4.85. The summed E-state index contributed by atoms with van der Waals surface area (Å²) in [6.07, 6.45) is 1.09. The first-order chi connectivity index (χ1) is 11.1. The minimum Gasteiger partial charge on any atom is -0.378 e. The van der Waals surface area contributed by atoms with Crippen LogP contribution in [0.25, 0.3) is 10.9 Å². The van der Waals surface area contributed by atoms with Crippen LogP contribution in [0.4, 0.5) is 5.69 Å². The summed E-state index contributed by atoms with van der Waals surface area (Å²) in [5, 5.41) is 5.06. The van der Waals surface area contributed by atoms with E-state index in [1.165, 1.54) is 39.0 Å². The molecular weight excluding hydrogens is 282 g/mol. The number of anilines is 1. The van der Waals surface area contributed by atoms with E-state index < -0.39 is 0 Å². The standard InChI is InChI=1S/C20H23N3/c1-13-4-9-18-17(12-13)16-10-11-21-19(20(16)22-18)14-5-7-15(8-6-14)23(2)3/h4-9,12,19,21-22H,10-11H2,1-3H3. The Kier molecular flexibility index (Phi) is 3.38. The van der Waals surface area contributed by atoms with Gasteiger partial charge in [-0.25, -0.2) is 0 Å². The first kappa shape index (κ1) is 14.3. The molecule has 0 radical (unpaired) electrons. The first-order valence-electron chi connectivity index (χ1n) is 8.25. The van der Waals surface area contributed by atoms with Crippen molar-refractivity contribution in [2.75, 3.05) is 25.5 Å². The van der Waals surface area contributed by atoms with Gasteiger partial charge in [-0.3, -0.25) is 0 Å². The highest BCUT2D eigenvalue weighted by molar-refractivity contribution is 5.86. The maximum Gasteiger partial charge on any atom is 0.0732 e. The molecule has 2 aromatic carbocycles. The van der Waals surface area contributed by atoms with Gasteiger partial charge >= 0.3 is 0 Å². The molecule has 1 atom stereocenters. The molecule has 118 valence electrons. The monoisotopic (exact) mass is 305 g/mol. The van der Waals surface area contributed by atoms with Crippen molar-refractivity contribution >= 4 is 16.6 Å². The van der Waals surface area contributed by atoms with E-state index in [0.29, 0.717) is 0 Å². The summed E-state index contributed by atoms with van der Waals surface area (Å²) in [5.74, 6) is 0. The van der Waals surface area contributed by atoms with Crippen molar-refractivity contribution in [2.45, 2.75) is 19.4 Å². The van der Waals surface area contributed by atoms with E-state index in [1.54, 1.807) is 0 Å². The number of aromatic nitrogens is 1. The molecule has 3 heteroatoms. The van der Waals surface area contributed by atoms with Crippen molar-refractivity contribution in [2.24, 2.45) is 0 Å². The topological polar surface area (TPSA) is 31.1 Å². The SMILES string of the molecule is Cc1ccc2[nH]c3c(c2c1)CCNC3c1ccc(N(C)C)cc1. The van der Waals surface area contributed by atoms with Crippen LogP contribution >= 0.6 is 0 Å². The van der Waals surface area contributed by atoms with Crippen molar-refractivity contribution in [3.8, 4) is 0 Å². The van der Waals surface area contributed by atoms with Crippen LogP contribution in [-0.2, 0) is 6.42 Å². The van der Waals surface area contributed by atoms with Gasteiger partial charge in [0.25, 0.3) is 0 Å². The number of hydrogen-bond acceptors (Lipinski definition) is 2. The van der Waals surface area contributed by atoms with Gasteiger partial charge in [0.1, 0.15) is 0 Å². The third kappa shape index (κ3) is 2.41. The van der Waals surface area contributed by atoms with Gasteiger partial charge in [0.15, 0.2) is 0 Å². The molecule has 0 saturated carbocycles. The van der Waals surface area contributed by atoms with E-state index in [2.05, 4.69) is 78.7 Å². The second-order valence-corrected chi connectivity index (χ2v) is 6.69. The zero-order chi connectivity index (χ0) is 16.0. The molecule has 0 spiro atoms. The average Bonchev–Trinajstić information content (AvgIpc) is 2.93. The van der Waals surface area contributed by atoms with Crippen LogP contribution in [0, 0.1) is 6.92 Å². The highest BCUT2D eigenvalue weighted by atomic mass is 15.1. The van der Waals surface area contributed by atoms with E-state index in [1.807, 2.05) is 0 Å². The van der Waals surface area contributed by atoms with E-state index in [-0.39, 0.29) is 6.04 Å². The number of nitrogens with zero attached hydrogens (tertiary/aromatic N) is 1. The van der Waals surface area contributed by atoms with Crippen LogP contribution < -0.4 is 10.2 Å². The summed E-state index contributed by atoms with van der Waals surface area (Å²) in [6, 6.07) is 15.8. The smallest absolute Gasteiger partial charge is 0.0732 e. The Labute approximate surface area is 137 Å². The summed E-state index contributed by atoms with van der Waals surface area (Å²) < 4.78 is 0. The number of hydrogen-bond donors (Lipinski definition) is 2. The fourth-order valence-corrected chi connectivity index (χ4v) is 3.59. The summed E-state index contributed by atoms with van der Waals surface area (Å²) >= 11 is 0. The normalized spacial score (nSPS) is 17.3. The second-order valence-electron chi connectivity index (χ2n) is 6.69. The molecule has 3 nitrogen and oxygen atoms in total. The molecule has 23 heavy (non-hydrogen) atoms. The summed E-state index contributed by atoms with van der Waals surface area (Å²) in [5.41, 5.74) is 7.93. The van der Waals surface area contributed by atoms with Crippen molar-refractivity contribution in [3.05, 3.63) is 64.8 Å². The lowest BCUT2D eigenvalue weighted by atomic mass is 9.94. The van der Waals surface area contributed by atoms with E-state index >= 15 is 0 Å². The minimum atomic E-state index is 0.252. The Bertz CT molecular complexity index is 843. The molecule has 3 aromatic rings. The molecule has 4 rings (SSSR count). The average molecular weight is 305 g/mol. The molecule has 0 amide bonds. The largest absolute Gasteiger partial charge is 0.378 e. The Morgan fingerprint density at radius 2 is 1.83 bits per heavy atom. The van der Waals surface area contributed by atoms with Gasteiger partial charge in [-0.15, -0.1) is 0 Å². The molecule has 0 bridgehead atoms. The van der Waals surface area contributed by atoms with E-state index in [0.717, 1.165) is 13.0 Å². The molecule has 0 saturated heterocycles. The maximum absolute atomic E-state index is 3.67. The Morgan fingerprint density at radius 1 is 1.04 bits per heavy atom. The predicted molar refractivity (Wildman–Crippen MR) is 97.4 cm³/mol. The van der Waals surface area contributed by atoms with E-state index in [4.69, 9.17) is 0 Å². The Balaban J connectivity index is 1.79. The molecule has 2 N–H and O–H groups in total. The van der Waals surface area contributed by atoms with Gasteiger partial charge < -0.3 is 15.2 Å². The lowest BCUT2D eigenvalue weighted by Crippen LogP contribution is -2.30. The quantitative estimate of drug-likeness (QED) is 0.755. The zero-order valence-electron chi connectivity index (χ0n) is 14.0. The molecular formula is C20H23N3. The molecule has 1 aliphatic heterocycles. The van der Waals surface area contributed by atoms with Gasteiger partial charge in [0.2, 0.25) is 0 Å². The first-order valence-corrected chi connectivity index (χ1v) is 8.25. The number of aryl methyl sites for hydroxylation is 1. The summed E-state index contributed by atoms with van der Waals surface area (Å²) in [7, 11) is 4.15. The Hall–Kier alpha value is -2.26. The van der Waals surface area contributed by atoms with Crippen molar-refractivity contribution in [1.82, 2.24) is 10.3 Å². The van der Waals surface area contributed by atoms with Crippen LogP contribution in [0.3, 0.4) is 0 Å². The fourth-order valence-electron chi connectivity index (χ4n) is 3.59. The molecule has 0 aliphatic carbocycles. The number of benzene rings is 2. The van der Waals surface area contributed by atoms with E-state index in [9.17, 15) is 0 Å². The number of aromatic amines is 1. The lowest BCUT2D eigenvalue weighted by Gasteiger charge is -2.25. The fraction of sp³-hybridized carbons (Fsp3) is 0.300. The third-order valence-corrected chi connectivity index (χ3v) is 4.85. The zero-order valence-corrected chi connectivity index (χ0v) is 14.0. The maximum atomic E-state index is 3.67.